The molecule has 1 aromatic rings. The van der Waals surface area contributed by atoms with E-state index in [-0.39, 0.29) is 23.3 Å². The van der Waals surface area contributed by atoms with Crippen molar-refractivity contribution < 1.29 is 22.7 Å². The van der Waals surface area contributed by atoms with Gasteiger partial charge in [0.2, 0.25) is 0 Å². The quantitative estimate of drug-likeness (QED) is 0.878. The topological polar surface area (TPSA) is 50.4 Å². The summed E-state index contributed by atoms with van der Waals surface area (Å²) >= 11 is 5.33. The average molecular weight is 353 g/mol. The molecule has 1 aliphatic heterocycles. The first-order valence-electron chi connectivity index (χ1n) is 7.15. The molecule has 0 saturated carbocycles. The van der Waals surface area contributed by atoms with E-state index in [2.05, 4.69) is 10.6 Å². The van der Waals surface area contributed by atoms with Gasteiger partial charge in [0.1, 0.15) is 5.82 Å². The van der Waals surface area contributed by atoms with Crippen LogP contribution in [0, 0.1) is 11.7 Å². The Morgan fingerprint density at radius 1 is 1.48 bits per heavy atom. The normalized spacial score (nSPS) is 18.4. The van der Waals surface area contributed by atoms with E-state index in [0.29, 0.717) is 26.7 Å². The summed E-state index contributed by atoms with van der Waals surface area (Å²) < 4.78 is 42.4. The second kappa shape index (κ2) is 9.75. The zero-order chi connectivity index (χ0) is 17.3. The van der Waals surface area contributed by atoms with Crippen LogP contribution in [0.25, 0.3) is 0 Å². The third-order valence-corrected chi connectivity index (χ3v) is 3.29. The summed E-state index contributed by atoms with van der Waals surface area (Å²) in [6, 6.07) is 6.12. The lowest BCUT2D eigenvalue weighted by Gasteiger charge is -2.16. The molecule has 1 heterocycles. The van der Waals surface area contributed by atoms with Crippen molar-refractivity contribution in [1.82, 2.24) is 10.6 Å². The molecule has 1 amide bonds. The van der Waals surface area contributed by atoms with Gasteiger partial charge in [-0.15, -0.1) is 0 Å². The Bertz CT molecular complexity index is 469. The van der Waals surface area contributed by atoms with E-state index in [1.54, 1.807) is 12.1 Å². The van der Waals surface area contributed by atoms with Crippen LogP contribution in [0.15, 0.2) is 24.3 Å². The lowest BCUT2D eigenvalue weighted by molar-refractivity contribution is -0.143. The summed E-state index contributed by atoms with van der Waals surface area (Å²) in [7, 11) is 0. The molecule has 0 bridgehead atoms. The second-order valence-electron chi connectivity index (χ2n) is 5.16. The first kappa shape index (κ1) is 19.7. The number of amides is 1. The minimum atomic E-state index is -3.31. The van der Waals surface area contributed by atoms with Crippen LogP contribution in [0.1, 0.15) is 6.92 Å². The van der Waals surface area contributed by atoms with Crippen molar-refractivity contribution in [2.24, 2.45) is 5.92 Å². The van der Waals surface area contributed by atoms with Crippen molar-refractivity contribution in [3.8, 4) is 0 Å². The predicted molar refractivity (Wildman–Crippen MR) is 82.2 cm³/mol. The van der Waals surface area contributed by atoms with Gasteiger partial charge >= 0.3 is 5.92 Å². The number of carbonyl (C=O) groups is 1. The van der Waals surface area contributed by atoms with Gasteiger partial charge in [-0.2, -0.15) is 8.78 Å². The van der Waals surface area contributed by atoms with Crippen LogP contribution in [0.5, 0.6) is 0 Å². The van der Waals surface area contributed by atoms with Gasteiger partial charge in [-0.05, 0) is 12.1 Å². The van der Waals surface area contributed by atoms with Gasteiger partial charge in [-0.25, -0.2) is 4.39 Å². The number of nitrogens with one attached hydrogen (secondary N) is 2. The molecule has 8 heteroatoms. The molecule has 0 spiro atoms. The summed E-state index contributed by atoms with van der Waals surface area (Å²) in [6.45, 7) is 3.35. The zero-order valence-corrected chi connectivity index (χ0v) is 13.5. The maximum absolute atomic E-state index is 12.5. The molecule has 1 aromatic carbocycles. The Kier molecular flexibility index (Phi) is 8.36. The number of benzene rings is 1. The fourth-order valence-electron chi connectivity index (χ4n) is 1.72. The lowest BCUT2D eigenvalue weighted by Crippen LogP contribution is -2.42. The summed E-state index contributed by atoms with van der Waals surface area (Å²) in [5.74, 6) is -4.85. The van der Waals surface area contributed by atoms with Crippen molar-refractivity contribution >= 4 is 17.5 Å². The van der Waals surface area contributed by atoms with Crippen LogP contribution < -0.4 is 10.6 Å². The molecular formula is C15H20ClF3N2O2. The molecule has 1 aliphatic rings. The van der Waals surface area contributed by atoms with E-state index in [0.717, 1.165) is 6.54 Å². The molecule has 0 aliphatic carbocycles. The van der Waals surface area contributed by atoms with E-state index in [9.17, 15) is 18.0 Å². The number of ether oxygens (including phenoxy) is 1. The zero-order valence-electron chi connectivity index (χ0n) is 12.8. The molecule has 1 atom stereocenters. The number of hydrogen-bond acceptors (Lipinski definition) is 3. The largest absolute Gasteiger partial charge is 0.380 e. The van der Waals surface area contributed by atoms with E-state index >= 15 is 0 Å². The molecule has 130 valence electrons. The van der Waals surface area contributed by atoms with Crippen LogP contribution in [-0.4, -0.2) is 44.7 Å². The fourth-order valence-corrected chi connectivity index (χ4v) is 1.86. The van der Waals surface area contributed by atoms with Crippen molar-refractivity contribution in [3.05, 3.63) is 35.1 Å². The van der Waals surface area contributed by atoms with Crippen LogP contribution in [0.4, 0.5) is 13.2 Å². The van der Waals surface area contributed by atoms with Gasteiger partial charge in [0.05, 0.1) is 18.2 Å². The van der Waals surface area contributed by atoms with Crippen molar-refractivity contribution in [1.29, 1.82) is 0 Å². The molecule has 1 unspecified atom stereocenters. The molecule has 23 heavy (non-hydrogen) atoms. The van der Waals surface area contributed by atoms with Gasteiger partial charge in [-0.3, -0.25) is 4.79 Å². The molecule has 1 saturated heterocycles. The summed E-state index contributed by atoms with van der Waals surface area (Å²) in [5.41, 5.74) is 0. The maximum atomic E-state index is 12.5. The first-order chi connectivity index (χ1) is 10.8. The summed E-state index contributed by atoms with van der Waals surface area (Å²) in [4.78, 5) is 10.9. The maximum Gasteiger partial charge on any atom is 0.321 e. The average Bonchev–Trinajstić information content (AvgIpc) is 2.76. The molecular weight excluding hydrogens is 333 g/mol. The second-order valence-corrected chi connectivity index (χ2v) is 5.56. The smallest absolute Gasteiger partial charge is 0.321 e. The van der Waals surface area contributed by atoms with Crippen molar-refractivity contribution in [3.63, 3.8) is 0 Å². The summed E-state index contributed by atoms with van der Waals surface area (Å²) in [5, 5.41) is 5.48. The highest BCUT2D eigenvalue weighted by Crippen LogP contribution is 2.11. The lowest BCUT2D eigenvalue weighted by atomic mass is 10.1. The van der Waals surface area contributed by atoms with Crippen LogP contribution >= 0.6 is 11.6 Å². The molecule has 1 fully saturated rings. The SMILES string of the molecule is CC(F)(F)C(=O)NCC1CNCCOC1.Fc1ccccc1Cl. The molecule has 0 radical (unpaired) electrons. The number of alkyl halides is 2. The number of hydrogen-bond donors (Lipinski definition) is 2. The Balaban J connectivity index is 0.000000277. The third-order valence-electron chi connectivity index (χ3n) is 2.98. The Labute approximate surface area is 138 Å². The highest BCUT2D eigenvalue weighted by molar-refractivity contribution is 6.30. The third kappa shape index (κ3) is 8.20. The minimum Gasteiger partial charge on any atom is -0.380 e. The fraction of sp³-hybridized carbons (Fsp3) is 0.533. The van der Waals surface area contributed by atoms with Crippen molar-refractivity contribution in [2.45, 2.75) is 12.8 Å². The molecule has 2 N–H and O–H groups in total. The van der Waals surface area contributed by atoms with E-state index in [4.69, 9.17) is 16.3 Å². The highest BCUT2D eigenvalue weighted by Gasteiger charge is 2.32. The van der Waals surface area contributed by atoms with Gasteiger partial charge < -0.3 is 15.4 Å². The summed E-state index contributed by atoms with van der Waals surface area (Å²) in [6.07, 6.45) is 0. The minimum absolute atomic E-state index is 0.0544. The van der Waals surface area contributed by atoms with Gasteiger partial charge in [-0.1, -0.05) is 23.7 Å². The standard InChI is InChI=1S/C9H16F2N2O2.C6H4ClF/c1-9(10,11)8(14)13-5-7-4-12-2-3-15-6-7;7-5-3-1-2-4-6(5)8/h7,12H,2-6H2,1H3,(H,13,14);1-4H. The Morgan fingerprint density at radius 3 is 2.74 bits per heavy atom. The molecule has 4 nitrogen and oxygen atoms in total. The van der Waals surface area contributed by atoms with Gasteiger partial charge in [0, 0.05) is 32.5 Å². The Morgan fingerprint density at radius 2 is 2.17 bits per heavy atom. The van der Waals surface area contributed by atoms with Crippen molar-refractivity contribution in [2.75, 3.05) is 32.8 Å². The number of carbonyl (C=O) groups excluding carboxylic acids is 1. The van der Waals surface area contributed by atoms with Crippen LogP contribution in [0.2, 0.25) is 5.02 Å². The van der Waals surface area contributed by atoms with Gasteiger partial charge in [0.15, 0.2) is 0 Å². The van der Waals surface area contributed by atoms with E-state index in [1.165, 1.54) is 12.1 Å². The number of rotatable bonds is 3. The van der Waals surface area contributed by atoms with Gasteiger partial charge in [0.25, 0.3) is 5.91 Å². The molecule has 0 aromatic heterocycles. The van der Waals surface area contributed by atoms with Crippen LogP contribution in [0.3, 0.4) is 0 Å². The molecule has 2 rings (SSSR count). The van der Waals surface area contributed by atoms with E-state index in [1.807, 2.05) is 0 Å². The van der Waals surface area contributed by atoms with E-state index < -0.39 is 11.8 Å². The first-order valence-corrected chi connectivity index (χ1v) is 7.53. The Hall–Kier alpha value is -1.31. The monoisotopic (exact) mass is 352 g/mol. The predicted octanol–water partition coefficient (Wildman–Crippen LogP) is 2.47. The van der Waals surface area contributed by atoms with Crippen LogP contribution in [-0.2, 0) is 9.53 Å². The number of halogens is 4. The highest BCUT2D eigenvalue weighted by atomic mass is 35.5.